The van der Waals surface area contributed by atoms with Crippen LogP contribution < -0.4 is 5.43 Å². The summed E-state index contributed by atoms with van der Waals surface area (Å²) in [6, 6.07) is 0. The van der Waals surface area contributed by atoms with Gasteiger partial charge in [-0.25, -0.2) is 0 Å². The van der Waals surface area contributed by atoms with Gasteiger partial charge in [0.2, 0.25) is 0 Å². The first-order chi connectivity index (χ1) is 3.89. The molecule has 1 rings (SSSR count). The van der Waals surface area contributed by atoms with Crippen LogP contribution in [0.1, 0.15) is 0 Å². The molecule has 1 aliphatic heterocycles. The molecule has 0 fully saturated rings. The second-order valence-electron chi connectivity index (χ2n) is 1.22. The number of hydrogen-bond acceptors (Lipinski definition) is 3. The van der Waals surface area contributed by atoms with Gasteiger partial charge in [0.05, 0.1) is 12.4 Å². The van der Waals surface area contributed by atoms with Gasteiger partial charge in [0.25, 0.3) is 0 Å². The van der Waals surface area contributed by atoms with E-state index in [0.717, 1.165) is 0 Å². The van der Waals surface area contributed by atoms with E-state index in [9.17, 15) is 5.21 Å². The SMILES string of the molecule is [O-][N+]1=NC=CC=CN1. The molecule has 0 saturated carbocycles. The van der Waals surface area contributed by atoms with E-state index in [-0.39, 0.29) is 0 Å². The van der Waals surface area contributed by atoms with Gasteiger partial charge >= 0.3 is 0 Å². The Morgan fingerprint density at radius 1 is 1.50 bits per heavy atom. The summed E-state index contributed by atoms with van der Waals surface area (Å²) in [7, 11) is 0. The van der Waals surface area contributed by atoms with Crippen LogP contribution in [-0.2, 0) is 0 Å². The Morgan fingerprint density at radius 3 is 3.25 bits per heavy atom. The molecule has 0 radical (unpaired) electrons. The molecule has 4 nitrogen and oxygen atoms in total. The molecule has 0 aromatic rings. The predicted octanol–water partition coefficient (Wildman–Crippen LogP) is 0.494. The smallest absolute Gasteiger partial charge is 0.0986 e. The quantitative estimate of drug-likeness (QED) is 0.365. The summed E-state index contributed by atoms with van der Waals surface area (Å²) in [6.45, 7) is 0. The topological polar surface area (TPSA) is 50.5 Å². The molecule has 0 aromatic heterocycles. The summed E-state index contributed by atoms with van der Waals surface area (Å²) >= 11 is 0. The first kappa shape index (κ1) is 4.83. The molecule has 4 heteroatoms. The molecular formula is C4H5N3O. The normalized spacial score (nSPS) is 16.8. The van der Waals surface area contributed by atoms with E-state index in [4.69, 9.17) is 0 Å². The molecule has 1 N–H and O–H groups in total. The molecule has 42 valence electrons. The summed E-state index contributed by atoms with van der Waals surface area (Å²) in [6.07, 6.45) is 6.25. The van der Waals surface area contributed by atoms with Gasteiger partial charge in [0.15, 0.2) is 0 Å². The average molecular weight is 111 g/mol. The van der Waals surface area contributed by atoms with Crippen molar-refractivity contribution in [1.82, 2.24) is 5.43 Å². The second-order valence-corrected chi connectivity index (χ2v) is 1.22. The highest BCUT2D eigenvalue weighted by atomic mass is 16.5. The van der Waals surface area contributed by atoms with Crippen molar-refractivity contribution in [1.29, 1.82) is 0 Å². The van der Waals surface area contributed by atoms with Crippen LogP contribution in [-0.4, -0.2) is 4.97 Å². The van der Waals surface area contributed by atoms with Crippen molar-refractivity contribution >= 4 is 0 Å². The lowest BCUT2D eigenvalue weighted by Gasteiger charge is -1.90. The maximum absolute atomic E-state index is 10.2. The minimum atomic E-state index is 0.375. The Kier molecular flexibility index (Phi) is 1.27. The highest BCUT2D eigenvalue weighted by Gasteiger charge is 1.85. The first-order valence-corrected chi connectivity index (χ1v) is 2.15. The number of allylic oxidation sites excluding steroid dienone is 2. The van der Waals surface area contributed by atoms with Gasteiger partial charge in [0.1, 0.15) is 0 Å². The minimum Gasteiger partial charge on any atom is -0.571 e. The zero-order chi connectivity index (χ0) is 5.82. The minimum absolute atomic E-state index is 0.375. The molecule has 0 spiro atoms. The fourth-order valence-electron chi connectivity index (χ4n) is 0.344. The van der Waals surface area contributed by atoms with Gasteiger partial charge in [-0.1, -0.05) is 0 Å². The molecule has 0 atom stereocenters. The van der Waals surface area contributed by atoms with Gasteiger partial charge in [0, 0.05) is 10.1 Å². The maximum Gasteiger partial charge on any atom is 0.0986 e. The Labute approximate surface area is 46.4 Å². The van der Waals surface area contributed by atoms with Crippen LogP contribution in [0.4, 0.5) is 0 Å². The van der Waals surface area contributed by atoms with Crippen LogP contribution in [0.2, 0.25) is 0 Å². The molecule has 0 unspecified atom stereocenters. The third kappa shape index (κ3) is 1.07. The molecule has 0 amide bonds. The number of hydrazine groups is 1. The Morgan fingerprint density at radius 2 is 2.38 bits per heavy atom. The fourth-order valence-corrected chi connectivity index (χ4v) is 0.344. The summed E-state index contributed by atoms with van der Waals surface area (Å²) in [5, 5.41) is 13.6. The molecule has 0 saturated heterocycles. The molecule has 8 heavy (non-hydrogen) atoms. The molecule has 0 aromatic carbocycles. The summed E-state index contributed by atoms with van der Waals surface area (Å²) in [4.78, 5) is 0.375. The number of nitrogens with zero attached hydrogens (tertiary/aromatic N) is 2. The highest BCUT2D eigenvalue weighted by molar-refractivity contribution is 4.99. The van der Waals surface area contributed by atoms with Gasteiger partial charge in [-0.3, -0.25) is 0 Å². The molecule has 0 bridgehead atoms. The van der Waals surface area contributed by atoms with E-state index in [0.29, 0.717) is 4.97 Å². The van der Waals surface area contributed by atoms with Gasteiger partial charge < -0.3 is 5.21 Å². The zero-order valence-electron chi connectivity index (χ0n) is 4.11. The largest absolute Gasteiger partial charge is 0.571 e. The van der Waals surface area contributed by atoms with Crippen molar-refractivity contribution < 1.29 is 4.97 Å². The van der Waals surface area contributed by atoms with Crippen molar-refractivity contribution in [2.24, 2.45) is 5.11 Å². The average Bonchev–Trinajstić information content (AvgIpc) is 1.94. The lowest BCUT2D eigenvalue weighted by molar-refractivity contribution is -0.575. The number of nitrogens with one attached hydrogen (secondary N) is 1. The molecule has 0 aliphatic carbocycles. The van der Waals surface area contributed by atoms with Crippen molar-refractivity contribution in [3.63, 3.8) is 0 Å². The molecule has 1 heterocycles. The van der Waals surface area contributed by atoms with Gasteiger partial charge in [-0.05, 0) is 12.2 Å². The van der Waals surface area contributed by atoms with Crippen LogP contribution in [0.25, 0.3) is 0 Å². The van der Waals surface area contributed by atoms with E-state index >= 15 is 0 Å². The zero-order valence-corrected chi connectivity index (χ0v) is 4.11. The van der Waals surface area contributed by atoms with Crippen molar-refractivity contribution in [2.75, 3.05) is 0 Å². The van der Waals surface area contributed by atoms with Crippen LogP contribution in [0.5, 0.6) is 0 Å². The monoisotopic (exact) mass is 111 g/mol. The third-order valence-electron chi connectivity index (χ3n) is 0.650. The van der Waals surface area contributed by atoms with Crippen LogP contribution in [0, 0.1) is 5.21 Å². The van der Waals surface area contributed by atoms with Crippen molar-refractivity contribution in [3.8, 4) is 0 Å². The van der Waals surface area contributed by atoms with E-state index in [1.54, 1.807) is 12.2 Å². The van der Waals surface area contributed by atoms with E-state index in [1.165, 1.54) is 12.4 Å². The summed E-state index contributed by atoms with van der Waals surface area (Å²) in [5.74, 6) is 0. The lowest BCUT2D eigenvalue weighted by Crippen LogP contribution is -2.13. The van der Waals surface area contributed by atoms with E-state index in [1.807, 2.05) is 0 Å². The predicted molar refractivity (Wildman–Crippen MR) is 27.5 cm³/mol. The van der Waals surface area contributed by atoms with Crippen molar-refractivity contribution in [3.05, 3.63) is 29.8 Å². The molecule has 1 aliphatic rings. The Bertz CT molecular complexity index is 159. The van der Waals surface area contributed by atoms with E-state index in [2.05, 4.69) is 10.5 Å². The molecular weight excluding hydrogens is 106 g/mol. The lowest BCUT2D eigenvalue weighted by atomic mass is 10.6. The van der Waals surface area contributed by atoms with Crippen molar-refractivity contribution in [2.45, 2.75) is 0 Å². The standard InChI is InChI=1S/C4H5N3O/c8-7-5-3-1-2-4-6-7/h1-4H,(H,5,6). The summed E-state index contributed by atoms with van der Waals surface area (Å²) in [5.41, 5.74) is 2.31. The van der Waals surface area contributed by atoms with Crippen LogP contribution in [0.15, 0.2) is 29.7 Å². The van der Waals surface area contributed by atoms with Gasteiger partial charge in [-0.15, -0.1) is 5.43 Å². The van der Waals surface area contributed by atoms with E-state index < -0.39 is 0 Å². The highest BCUT2D eigenvalue weighted by Crippen LogP contribution is 1.82. The number of rotatable bonds is 0. The van der Waals surface area contributed by atoms with Gasteiger partial charge in [-0.2, -0.15) is 0 Å². The Balaban J connectivity index is 2.69. The second kappa shape index (κ2) is 2.11. The first-order valence-electron chi connectivity index (χ1n) is 2.15. The fraction of sp³-hybridized carbons (Fsp3) is 0. The number of hydrogen-bond donors (Lipinski definition) is 1. The third-order valence-corrected chi connectivity index (χ3v) is 0.650. The maximum atomic E-state index is 10.2. The summed E-state index contributed by atoms with van der Waals surface area (Å²) < 4.78 is 0. The van der Waals surface area contributed by atoms with Crippen LogP contribution in [0.3, 0.4) is 0 Å². The Hall–Kier alpha value is -1.32. The van der Waals surface area contributed by atoms with Crippen LogP contribution >= 0.6 is 0 Å².